The smallest absolute Gasteiger partial charge is 0.379 e. The summed E-state index contributed by atoms with van der Waals surface area (Å²) in [6.45, 7) is 0.877. The number of ether oxygens (including phenoxy) is 1. The van der Waals surface area contributed by atoms with Crippen LogP contribution in [0.3, 0.4) is 0 Å². The number of hydrogen-bond donors (Lipinski definition) is 1. The summed E-state index contributed by atoms with van der Waals surface area (Å²) in [5, 5.41) is 0. The first-order chi connectivity index (χ1) is 9.79. The van der Waals surface area contributed by atoms with Crippen LogP contribution in [0.25, 0.3) is 0 Å². The summed E-state index contributed by atoms with van der Waals surface area (Å²) in [4.78, 5) is 13.6. The summed E-state index contributed by atoms with van der Waals surface area (Å²) in [5.74, 6) is -0.538. The molecule has 7 heteroatoms. The van der Waals surface area contributed by atoms with Crippen molar-refractivity contribution in [2.75, 3.05) is 20.3 Å². The van der Waals surface area contributed by atoms with Crippen LogP contribution in [-0.4, -0.2) is 37.1 Å². The first-order valence-electron chi connectivity index (χ1n) is 6.53. The number of halogens is 3. The second kappa shape index (κ2) is 6.03. The maximum atomic E-state index is 12.5. The molecule has 1 aromatic carbocycles. The Hall–Kier alpha value is -1.60. The number of alkyl halides is 3. The lowest BCUT2D eigenvalue weighted by atomic mass is 10.0. The van der Waals surface area contributed by atoms with Crippen LogP contribution in [0, 0.1) is 5.92 Å². The standard InChI is InChI=1S/C14H17F3N2O2/c1-19(13(20)11-7-21-8-12(11)18)6-9-2-4-10(5-3-9)14(15,16)17/h2-5,11-12H,6-8,18H2,1H3. The molecule has 1 fully saturated rings. The fourth-order valence-corrected chi connectivity index (χ4v) is 2.26. The number of amides is 1. The van der Waals surface area contributed by atoms with Gasteiger partial charge in [-0.15, -0.1) is 0 Å². The molecule has 1 heterocycles. The molecular formula is C14H17F3N2O2. The van der Waals surface area contributed by atoms with Gasteiger partial charge in [0.05, 0.1) is 24.7 Å². The van der Waals surface area contributed by atoms with Crippen LogP contribution in [0.15, 0.2) is 24.3 Å². The van der Waals surface area contributed by atoms with E-state index in [4.69, 9.17) is 10.5 Å². The van der Waals surface area contributed by atoms with E-state index >= 15 is 0 Å². The first kappa shape index (κ1) is 15.8. The molecule has 2 N–H and O–H groups in total. The third-order valence-corrected chi connectivity index (χ3v) is 3.52. The Morgan fingerprint density at radius 3 is 2.43 bits per heavy atom. The van der Waals surface area contributed by atoms with E-state index in [1.165, 1.54) is 17.0 Å². The average molecular weight is 302 g/mol. The Balaban J connectivity index is 1.99. The fraction of sp³-hybridized carbons (Fsp3) is 0.500. The van der Waals surface area contributed by atoms with E-state index in [-0.39, 0.29) is 31.0 Å². The highest BCUT2D eigenvalue weighted by atomic mass is 19.4. The normalized spacial score (nSPS) is 22.3. The minimum atomic E-state index is -4.35. The molecule has 2 unspecified atom stereocenters. The molecular weight excluding hydrogens is 285 g/mol. The highest BCUT2D eigenvalue weighted by Crippen LogP contribution is 2.29. The maximum absolute atomic E-state index is 12.5. The lowest BCUT2D eigenvalue weighted by Gasteiger charge is -2.22. The Kier molecular flexibility index (Phi) is 4.53. The zero-order valence-electron chi connectivity index (χ0n) is 11.6. The Morgan fingerprint density at radius 1 is 1.33 bits per heavy atom. The van der Waals surface area contributed by atoms with Crippen molar-refractivity contribution in [3.05, 3.63) is 35.4 Å². The van der Waals surface area contributed by atoms with E-state index in [1.54, 1.807) is 7.05 Å². The molecule has 0 aromatic heterocycles. The molecule has 1 aliphatic rings. The van der Waals surface area contributed by atoms with Gasteiger partial charge in [-0.3, -0.25) is 4.79 Å². The van der Waals surface area contributed by atoms with Gasteiger partial charge in [0.15, 0.2) is 0 Å². The van der Waals surface area contributed by atoms with E-state index in [9.17, 15) is 18.0 Å². The van der Waals surface area contributed by atoms with Crippen molar-refractivity contribution in [3.63, 3.8) is 0 Å². The number of benzene rings is 1. The summed E-state index contributed by atoms with van der Waals surface area (Å²) in [6, 6.07) is 4.44. The van der Waals surface area contributed by atoms with Gasteiger partial charge in [0, 0.05) is 19.6 Å². The number of nitrogens with zero attached hydrogens (tertiary/aromatic N) is 1. The molecule has 2 atom stereocenters. The minimum Gasteiger partial charge on any atom is -0.379 e. The second-order valence-corrected chi connectivity index (χ2v) is 5.20. The molecule has 0 spiro atoms. The van der Waals surface area contributed by atoms with E-state index in [2.05, 4.69) is 0 Å². The van der Waals surface area contributed by atoms with Crippen LogP contribution >= 0.6 is 0 Å². The summed E-state index contributed by atoms with van der Waals surface area (Å²) in [6.07, 6.45) is -4.35. The highest BCUT2D eigenvalue weighted by molar-refractivity contribution is 5.79. The SMILES string of the molecule is CN(Cc1ccc(C(F)(F)F)cc1)C(=O)C1COCC1N. The molecule has 0 radical (unpaired) electrons. The van der Waals surface area contributed by atoms with Gasteiger partial charge in [-0.25, -0.2) is 0 Å². The molecule has 1 saturated heterocycles. The predicted molar refractivity (Wildman–Crippen MR) is 70.2 cm³/mol. The van der Waals surface area contributed by atoms with Gasteiger partial charge < -0.3 is 15.4 Å². The van der Waals surface area contributed by atoms with E-state index in [0.717, 1.165) is 12.1 Å². The number of rotatable bonds is 3. The molecule has 1 amide bonds. The molecule has 1 aromatic rings. The molecule has 21 heavy (non-hydrogen) atoms. The monoisotopic (exact) mass is 302 g/mol. The quantitative estimate of drug-likeness (QED) is 0.923. The van der Waals surface area contributed by atoms with Gasteiger partial charge in [-0.1, -0.05) is 12.1 Å². The van der Waals surface area contributed by atoms with Crippen molar-refractivity contribution >= 4 is 5.91 Å². The number of carbonyl (C=O) groups is 1. The van der Waals surface area contributed by atoms with Gasteiger partial charge in [0.2, 0.25) is 5.91 Å². The molecule has 0 saturated carbocycles. The maximum Gasteiger partial charge on any atom is 0.416 e. The summed E-state index contributed by atoms with van der Waals surface area (Å²) in [5.41, 5.74) is 5.71. The fourth-order valence-electron chi connectivity index (χ4n) is 2.26. The number of hydrogen-bond acceptors (Lipinski definition) is 3. The van der Waals surface area contributed by atoms with E-state index in [1.807, 2.05) is 0 Å². The van der Waals surface area contributed by atoms with Crippen LogP contribution in [0.4, 0.5) is 13.2 Å². The lowest BCUT2D eigenvalue weighted by molar-refractivity contribution is -0.138. The van der Waals surface area contributed by atoms with Crippen molar-refractivity contribution in [2.45, 2.75) is 18.8 Å². The Labute approximate surface area is 120 Å². The van der Waals surface area contributed by atoms with Crippen LogP contribution < -0.4 is 5.73 Å². The third kappa shape index (κ3) is 3.74. The molecule has 1 aliphatic heterocycles. The highest BCUT2D eigenvalue weighted by Gasteiger charge is 2.33. The van der Waals surface area contributed by atoms with Crippen LogP contribution in [0.1, 0.15) is 11.1 Å². The Bertz CT molecular complexity index is 502. The largest absolute Gasteiger partial charge is 0.416 e. The number of carbonyl (C=O) groups excluding carboxylic acids is 1. The van der Waals surface area contributed by atoms with Gasteiger partial charge in [-0.05, 0) is 17.7 Å². The first-order valence-corrected chi connectivity index (χ1v) is 6.53. The van der Waals surface area contributed by atoms with Crippen LogP contribution in [-0.2, 0) is 22.3 Å². The molecule has 116 valence electrons. The summed E-state index contributed by atoms with van der Waals surface area (Å²) in [7, 11) is 1.60. The zero-order valence-corrected chi connectivity index (χ0v) is 11.6. The molecule has 4 nitrogen and oxygen atoms in total. The van der Waals surface area contributed by atoms with Gasteiger partial charge in [0.25, 0.3) is 0 Å². The number of nitrogens with two attached hydrogens (primary N) is 1. The third-order valence-electron chi connectivity index (χ3n) is 3.52. The topological polar surface area (TPSA) is 55.6 Å². The minimum absolute atomic E-state index is 0.153. The summed E-state index contributed by atoms with van der Waals surface area (Å²) < 4.78 is 42.5. The van der Waals surface area contributed by atoms with Crippen molar-refractivity contribution in [3.8, 4) is 0 Å². The van der Waals surface area contributed by atoms with Crippen LogP contribution in [0.2, 0.25) is 0 Å². The zero-order chi connectivity index (χ0) is 15.6. The predicted octanol–water partition coefficient (Wildman–Crippen LogP) is 1.64. The van der Waals surface area contributed by atoms with E-state index in [0.29, 0.717) is 12.2 Å². The van der Waals surface area contributed by atoms with Crippen molar-refractivity contribution in [1.82, 2.24) is 4.90 Å². The average Bonchev–Trinajstić information content (AvgIpc) is 2.83. The summed E-state index contributed by atoms with van der Waals surface area (Å²) >= 11 is 0. The second-order valence-electron chi connectivity index (χ2n) is 5.20. The molecule has 0 aliphatic carbocycles. The van der Waals surface area contributed by atoms with Crippen molar-refractivity contribution in [2.24, 2.45) is 11.7 Å². The molecule has 2 rings (SSSR count). The van der Waals surface area contributed by atoms with Crippen molar-refractivity contribution in [1.29, 1.82) is 0 Å². The van der Waals surface area contributed by atoms with Gasteiger partial charge >= 0.3 is 6.18 Å². The van der Waals surface area contributed by atoms with Gasteiger partial charge in [-0.2, -0.15) is 13.2 Å². The molecule has 0 bridgehead atoms. The van der Waals surface area contributed by atoms with E-state index < -0.39 is 11.7 Å². The Morgan fingerprint density at radius 2 is 1.95 bits per heavy atom. The van der Waals surface area contributed by atoms with Crippen LogP contribution in [0.5, 0.6) is 0 Å². The van der Waals surface area contributed by atoms with Crippen molar-refractivity contribution < 1.29 is 22.7 Å². The lowest BCUT2D eigenvalue weighted by Crippen LogP contribution is -2.41. The van der Waals surface area contributed by atoms with Gasteiger partial charge in [0.1, 0.15) is 0 Å².